The van der Waals surface area contributed by atoms with Crippen molar-refractivity contribution in [1.29, 1.82) is 0 Å². The molecule has 1 spiro atoms. The third kappa shape index (κ3) is 2.39. The van der Waals surface area contributed by atoms with Crippen molar-refractivity contribution in [3.8, 4) is 0 Å². The van der Waals surface area contributed by atoms with Gasteiger partial charge in [0.15, 0.2) is 0 Å². The summed E-state index contributed by atoms with van der Waals surface area (Å²) in [4.78, 5) is 24.7. The first-order chi connectivity index (χ1) is 9.51. The summed E-state index contributed by atoms with van der Waals surface area (Å²) >= 11 is 0. The normalized spacial score (nSPS) is 33.6. The molecule has 3 aliphatic rings. The summed E-state index contributed by atoms with van der Waals surface area (Å²) in [6, 6.07) is 0. The predicted octanol–water partition coefficient (Wildman–Crippen LogP) is 2.59. The molecule has 0 bridgehead atoms. The number of nitrogens with zero attached hydrogens (tertiary/aromatic N) is 2. The van der Waals surface area contributed by atoms with E-state index in [1.54, 1.807) is 19.1 Å². The number of carbonyl (C=O) groups excluding carboxylic acids is 2. The number of fused-ring (bicyclic) bond motifs is 1. The molecule has 4 heteroatoms. The molecule has 1 heterocycles. The fraction of sp³-hybridized carbons (Fsp3) is 0.875. The Hall–Kier alpha value is -0.900. The zero-order valence-electron chi connectivity index (χ0n) is 12.7. The van der Waals surface area contributed by atoms with Crippen LogP contribution < -0.4 is 0 Å². The van der Waals surface area contributed by atoms with E-state index in [1.165, 1.54) is 37.1 Å². The van der Waals surface area contributed by atoms with Crippen LogP contribution >= 0.6 is 0 Å². The number of hydrogen-bond donors (Lipinski definition) is 0. The number of carbonyl (C=O) groups is 2. The Kier molecular flexibility index (Phi) is 3.61. The van der Waals surface area contributed by atoms with Gasteiger partial charge in [0, 0.05) is 26.9 Å². The van der Waals surface area contributed by atoms with Crippen molar-refractivity contribution in [3.63, 3.8) is 0 Å². The Bertz CT molecular complexity index is 401. The van der Waals surface area contributed by atoms with Gasteiger partial charge in [0.2, 0.25) is 11.8 Å². The van der Waals surface area contributed by atoms with E-state index in [0.29, 0.717) is 12.8 Å². The Balaban J connectivity index is 1.74. The number of imide groups is 1. The number of amides is 2. The topological polar surface area (TPSA) is 40.6 Å². The lowest BCUT2D eigenvalue weighted by molar-refractivity contribution is -0.172. The van der Waals surface area contributed by atoms with E-state index in [2.05, 4.69) is 0 Å². The molecule has 0 aromatic heterocycles. The SMILES string of the molecule is CN(C)N1C(=O)CC2(CC[C@H]3CCCC[C@@H]3C2)CC1=O. The third-order valence-corrected chi connectivity index (χ3v) is 5.73. The molecule has 4 nitrogen and oxygen atoms in total. The number of rotatable bonds is 1. The van der Waals surface area contributed by atoms with Crippen molar-refractivity contribution in [1.82, 2.24) is 10.0 Å². The average molecular weight is 278 g/mol. The van der Waals surface area contributed by atoms with Gasteiger partial charge in [-0.2, -0.15) is 0 Å². The standard InChI is InChI=1S/C16H26N2O2/c1-17(2)18-14(19)10-16(11-15(18)20)8-7-12-5-3-4-6-13(12)9-16/h12-13H,3-11H2,1-2H3/t12-,13-/m1/s1. The highest BCUT2D eigenvalue weighted by molar-refractivity contribution is 5.97. The number of piperidine rings is 1. The van der Waals surface area contributed by atoms with Crippen LogP contribution in [0, 0.1) is 17.3 Å². The second-order valence-electron chi connectivity index (χ2n) is 7.35. The van der Waals surface area contributed by atoms with Gasteiger partial charge in [-0.05, 0) is 36.5 Å². The van der Waals surface area contributed by atoms with Gasteiger partial charge < -0.3 is 0 Å². The maximum absolute atomic E-state index is 12.3. The molecule has 0 aromatic carbocycles. The monoisotopic (exact) mass is 278 g/mol. The van der Waals surface area contributed by atoms with Gasteiger partial charge in [-0.15, -0.1) is 0 Å². The van der Waals surface area contributed by atoms with E-state index in [0.717, 1.165) is 24.7 Å². The Morgan fingerprint density at radius 3 is 2.20 bits per heavy atom. The maximum atomic E-state index is 12.3. The van der Waals surface area contributed by atoms with Crippen LogP contribution in [0.2, 0.25) is 0 Å². The van der Waals surface area contributed by atoms with Crippen LogP contribution in [-0.2, 0) is 9.59 Å². The summed E-state index contributed by atoms with van der Waals surface area (Å²) in [7, 11) is 3.54. The molecule has 1 saturated heterocycles. The highest BCUT2D eigenvalue weighted by Crippen LogP contribution is 2.53. The molecule has 3 fully saturated rings. The maximum Gasteiger partial charge on any atom is 0.244 e. The van der Waals surface area contributed by atoms with Crippen molar-refractivity contribution in [3.05, 3.63) is 0 Å². The van der Waals surface area contributed by atoms with Crippen molar-refractivity contribution in [2.45, 2.75) is 57.8 Å². The Morgan fingerprint density at radius 1 is 1.00 bits per heavy atom. The lowest BCUT2D eigenvalue weighted by atomic mass is 9.58. The quantitative estimate of drug-likeness (QED) is 0.692. The van der Waals surface area contributed by atoms with E-state index in [4.69, 9.17) is 0 Å². The molecular formula is C16H26N2O2. The summed E-state index contributed by atoms with van der Waals surface area (Å²) in [5.41, 5.74) is -0.0147. The predicted molar refractivity (Wildman–Crippen MR) is 76.5 cm³/mol. The molecule has 0 N–H and O–H groups in total. The molecule has 2 amide bonds. The minimum absolute atomic E-state index is 0.000472. The summed E-state index contributed by atoms with van der Waals surface area (Å²) in [6.45, 7) is 0. The Labute approximate surface area is 121 Å². The molecule has 0 unspecified atom stereocenters. The molecule has 2 atom stereocenters. The molecule has 2 saturated carbocycles. The van der Waals surface area contributed by atoms with Gasteiger partial charge in [-0.1, -0.05) is 25.7 Å². The van der Waals surface area contributed by atoms with Crippen LogP contribution in [0.5, 0.6) is 0 Å². The average Bonchev–Trinajstić information content (AvgIpc) is 2.37. The van der Waals surface area contributed by atoms with Gasteiger partial charge in [0.25, 0.3) is 0 Å². The van der Waals surface area contributed by atoms with E-state index < -0.39 is 0 Å². The molecule has 0 radical (unpaired) electrons. The van der Waals surface area contributed by atoms with Crippen LogP contribution in [0.4, 0.5) is 0 Å². The van der Waals surface area contributed by atoms with Crippen molar-refractivity contribution in [2.75, 3.05) is 14.1 Å². The van der Waals surface area contributed by atoms with Gasteiger partial charge >= 0.3 is 0 Å². The minimum Gasteiger partial charge on any atom is -0.273 e. The van der Waals surface area contributed by atoms with E-state index >= 15 is 0 Å². The third-order valence-electron chi connectivity index (χ3n) is 5.73. The highest BCUT2D eigenvalue weighted by atomic mass is 16.2. The molecule has 20 heavy (non-hydrogen) atoms. The first-order valence-corrected chi connectivity index (χ1v) is 8.04. The largest absolute Gasteiger partial charge is 0.273 e. The summed E-state index contributed by atoms with van der Waals surface area (Å²) in [5.74, 6) is 1.64. The van der Waals surface area contributed by atoms with Crippen molar-refractivity contribution >= 4 is 11.8 Å². The zero-order valence-corrected chi connectivity index (χ0v) is 12.7. The minimum atomic E-state index is -0.0147. The number of hydrazine groups is 1. The van der Waals surface area contributed by atoms with E-state index in [1.807, 2.05) is 0 Å². The molecule has 3 rings (SSSR count). The number of hydrogen-bond acceptors (Lipinski definition) is 3. The molecule has 1 aliphatic heterocycles. The van der Waals surface area contributed by atoms with Crippen molar-refractivity contribution in [2.24, 2.45) is 17.3 Å². The fourth-order valence-electron chi connectivity index (χ4n) is 4.84. The summed E-state index contributed by atoms with van der Waals surface area (Å²) in [6.07, 6.45) is 9.94. The van der Waals surface area contributed by atoms with Crippen LogP contribution in [0.25, 0.3) is 0 Å². The van der Waals surface area contributed by atoms with Crippen LogP contribution in [0.15, 0.2) is 0 Å². The second kappa shape index (κ2) is 5.14. The van der Waals surface area contributed by atoms with Gasteiger partial charge in [0.1, 0.15) is 0 Å². The first kappa shape index (κ1) is 14.1. The molecule has 2 aliphatic carbocycles. The lowest BCUT2D eigenvalue weighted by Crippen LogP contribution is -2.54. The molecule has 0 aromatic rings. The van der Waals surface area contributed by atoms with Gasteiger partial charge in [0.05, 0.1) is 0 Å². The van der Waals surface area contributed by atoms with Crippen LogP contribution in [0.1, 0.15) is 57.8 Å². The Morgan fingerprint density at radius 2 is 1.60 bits per heavy atom. The summed E-state index contributed by atoms with van der Waals surface area (Å²) in [5, 5.41) is 2.96. The second-order valence-corrected chi connectivity index (χ2v) is 7.35. The smallest absolute Gasteiger partial charge is 0.244 e. The lowest BCUT2D eigenvalue weighted by Gasteiger charge is -2.49. The molecule has 112 valence electrons. The zero-order chi connectivity index (χ0) is 14.3. The molecular weight excluding hydrogens is 252 g/mol. The van der Waals surface area contributed by atoms with Gasteiger partial charge in [-0.3, -0.25) is 9.59 Å². The highest BCUT2D eigenvalue weighted by Gasteiger charge is 2.48. The fourth-order valence-corrected chi connectivity index (χ4v) is 4.84. The van der Waals surface area contributed by atoms with Gasteiger partial charge in [-0.25, -0.2) is 10.0 Å². The van der Waals surface area contributed by atoms with Crippen molar-refractivity contribution < 1.29 is 9.59 Å². The van der Waals surface area contributed by atoms with E-state index in [9.17, 15) is 9.59 Å². The van der Waals surface area contributed by atoms with Crippen LogP contribution in [-0.4, -0.2) is 35.9 Å². The van der Waals surface area contributed by atoms with Crippen LogP contribution in [0.3, 0.4) is 0 Å². The first-order valence-electron chi connectivity index (χ1n) is 8.04. The summed E-state index contributed by atoms with van der Waals surface area (Å²) < 4.78 is 0. The van der Waals surface area contributed by atoms with E-state index in [-0.39, 0.29) is 17.2 Å².